The Kier molecular flexibility index (Phi) is 5.84. The Hall–Kier alpha value is -2.17. The normalized spacial score (nSPS) is 21.0. The van der Waals surface area contributed by atoms with Crippen molar-refractivity contribution in [3.05, 3.63) is 65.7 Å². The molecule has 0 saturated carbocycles. The van der Waals surface area contributed by atoms with Gasteiger partial charge in [-0.3, -0.25) is 4.79 Å². The van der Waals surface area contributed by atoms with Gasteiger partial charge in [-0.1, -0.05) is 42.5 Å². The Morgan fingerprint density at radius 3 is 2.76 bits per heavy atom. The molecule has 3 atom stereocenters. The molecule has 2 aromatic carbocycles. The first kappa shape index (κ1) is 17.6. The highest BCUT2D eigenvalue weighted by Crippen LogP contribution is 2.34. The number of ether oxygens (including phenoxy) is 1. The molecule has 1 saturated heterocycles. The lowest BCUT2D eigenvalue weighted by molar-refractivity contribution is -0.114. The second-order valence-electron chi connectivity index (χ2n) is 6.69. The quantitative estimate of drug-likeness (QED) is 0.835. The Balaban J connectivity index is 1.60. The van der Waals surface area contributed by atoms with Gasteiger partial charge in [0.05, 0.1) is 6.10 Å². The van der Waals surface area contributed by atoms with Gasteiger partial charge in [-0.2, -0.15) is 0 Å². The average molecular weight is 338 g/mol. The second-order valence-corrected chi connectivity index (χ2v) is 6.69. The molecule has 4 nitrogen and oxygen atoms in total. The number of hydrogen-bond acceptors (Lipinski definition) is 3. The van der Waals surface area contributed by atoms with E-state index in [2.05, 4.69) is 47.9 Å². The number of benzene rings is 2. The van der Waals surface area contributed by atoms with Crippen molar-refractivity contribution in [2.24, 2.45) is 5.92 Å². The van der Waals surface area contributed by atoms with E-state index in [0.29, 0.717) is 5.92 Å². The first-order chi connectivity index (χ1) is 12.1. The predicted octanol–water partition coefficient (Wildman–Crippen LogP) is 4.07. The lowest BCUT2D eigenvalue weighted by Gasteiger charge is -2.22. The number of rotatable bonds is 6. The molecule has 1 aliphatic heterocycles. The number of anilines is 1. The molecule has 1 fully saturated rings. The van der Waals surface area contributed by atoms with Crippen LogP contribution >= 0.6 is 0 Å². The Bertz CT molecular complexity index is 702. The van der Waals surface area contributed by atoms with Crippen molar-refractivity contribution < 1.29 is 9.53 Å². The van der Waals surface area contributed by atoms with Crippen molar-refractivity contribution in [3.8, 4) is 0 Å². The summed E-state index contributed by atoms with van der Waals surface area (Å²) in [6.07, 6.45) is 1.25. The van der Waals surface area contributed by atoms with Crippen LogP contribution in [0.5, 0.6) is 0 Å². The Labute approximate surface area is 149 Å². The highest BCUT2D eigenvalue weighted by Gasteiger charge is 2.29. The highest BCUT2D eigenvalue weighted by molar-refractivity contribution is 5.88. The van der Waals surface area contributed by atoms with Crippen LogP contribution in [-0.4, -0.2) is 19.1 Å². The number of carbonyl (C=O) groups excluding carboxylic acids is 1. The average Bonchev–Trinajstić information content (AvgIpc) is 3.08. The van der Waals surface area contributed by atoms with Crippen LogP contribution in [0.15, 0.2) is 54.6 Å². The van der Waals surface area contributed by atoms with Crippen LogP contribution in [0.4, 0.5) is 5.69 Å². The molecule has 0 aliphatic carbocycles. The lowest BCUT2D eigenvalue weighted by atomic mass is 9.94. The van der Waals surface area contributed by atoms with Gasteiger partial charge >= 0.3 is 0 Å². The molecule has 1 aliphatic rings. The van der Waals surface area contributed by atoms with Crippen LogP contribution < -0.4 is 10.6 Å². The van der Waals surface area contributed by atoms with E-state index in [1.165, 1.54) is 18.1 Å². The van der Waals surface area contributed by atoms with Crippen molar-refractivity contribution in [1.29, 1.82) is 0 Å². The summed E-state index contributed by atoms with van der Waals surface area (Å²) in [4.78, 5) is 11.2. The number of carbonyl (C=O) groups is 1. The fraction of sp³-hybridized carbons (Fsp3) is 0.381. The summed E-state index contributed by atoms with van der Waals surface area (Å²) in [7, 11) is 0. The van der Waals surface area contributed by atoms with Gasteiger partial charge in [-0.15, -0.1) is 0 Å². The maximum atomic E-state index is 11.2. The molecular formula is C21H26N2O2. The molecule has 3 unspecified atom stereocenters. The minimum Gasteiger partial charge on any atom is -0.373 e. The molecule has 0 aromatic heterocycles. The molecule has 0 spiro atoms. The molecular weight excluding hydrogens is 312 g/mol. The Morgan fingerprint density at radius 1 is 1.20 bits per heavy atom. The van der Waals surface area contributed by atoms with Crippen molar-refractivity contribution in [2.75, 3.05) is 18.5 Å². The van der Waals surface area contributed by atoms with Gasteiger partial charge in [0.15, 0.2) is 0 Å². The largest absolute Gasteiger partial charge is 0.373 e. The molecule has 25 heavy (non-hydrogen) atoms. The third-order valence-electron chi connectivity index (χ3n) is 4.74. The second kappa shape index (κ2) is 8.28. The van der Waals surface area contributed by atoms with Gasteiger partial charge in [0.25, 0.3) is 0 Å². The van der Waals surface area contributed by atoms with Gasteiger partial charge in [0.2, 0.25) is 5.91 Å². The fourth-order valence-electron chi connectivity index (χ4n) is 3.39. The van der Waals surface area contributed by atoms with E-state index in [4.69, 9.17) is 4.74 Å². The molecule has 1 heterocycles. The summed E-state index contributed by atoms with van der Waals surface area (Å²) in [6, 6.07) is 18.7. The van der Waals surface area contributed by atoms with Crippen LogP contribution in [0.2, 0.25) is 0 Å². The monoisotopic (exact) mass is 338 g/mol. The van der Waals surface area contributed by atoms with E-state index in [1.807, 2.05) is 24.3 Å². The van der Waals surface area contributed by atoms with Crippen LogP contribution in [0, 0.1) is 5.92 Å². The SMILES string of the molecule is CC(=O)Nc1cccc(C(C)NCC2CCOC2c2ccccc2)c1. The van der Waals surface area contributed by atoms with Crippen LogP contribution in [-0.2, 0) is 9.53 Å². The van der Waals surface area contributed by atoms with Gasteiger partial charge in [0, 0.05) is 37.7 Å². The molecule has 0 radical (unpaired) electrons. The maximum absolute atomic E-state index is 11.2. The molecule has 132 valence electrons. The summed E-state index contributed by atoms with van der Waals surface area (Å²) in [6.45, 7) is 5.40. The first-order valence-electron chi connectivity index (χ1n) is 8.91. The molecule has 0 bridgehead atoms. The summed E-state index contributed by atoms with van der Waals surface area (Å²) < 4.78 is 5.97. The van der Waals surface area contributed by atoms with E-state index in [9.17, 15) is 4.79 Å². The highest BCUT2D eigenvalue weighted by atomic mass is 16.5. The Morgan fingerprint density at radius 2 is 2.00 bits per heavy atom. The third-order valence-corrected chi connectivity index (χ3v) is 4.74. The van der Waals surface area contributed by atoms with Crippen molar-refractivity contribution in [1.82, 2.24) is 5.32 Å². The zero-order chi connectivity index (χ0) is 17.6. The molecule has 2 aromatic rings. The lowest BCUT2D eigenvalue weighted by Crippen LogP contribution is -2.27. The smallest absolute Gasteiger partial charge is 0.221 e. The van der Waals surface area contributed by atoms with Gasteiger partial charge in [-0.25, -0.2) is 0 Å². The van der Waals surface area contributed by atoms with Crippen molar-refractivity contribution >= 4 is 11.6 Å². The van der Waals surface area contributed by atoms with Gasteiger partial charge in [0.1, 0.15) is 0 Å². The molecule has 1 amide bonds. The van der Waals surface area contributed by atoms with Gasteiger partial charge in [-0.05, 0) is 36.6 Å². The molecule has 3 rings (SSSR count). The zero-order valence-electron chi connectivity index (χ0n) is 14.9. The zero-order valence-corrected chi connectivity index (χ0v) is 14.9. The van der Waals surface area contributed by atoms with Crippen LogP contribution in [0.1, 0.15) is 43.5 Å². The molecule has 4 heteroatoms. The van der Waals surface area contributed by atoms with Crippen molar-refractivity contribution in [3.63, 3.8) is 0 Å². The first-order valence-corrected chi connectivity index (χ1v) is 8.91. The van der Waals surface area contributed by atoms with E-state index in [1.54, 1.807) is 0 Å². The summed E-state index contributed by atoms with van der Waals surface area (Å²) >= 11 is 0. The third kappa shape index (κ3) is 4.68. The standard InChI is InChI=1S/C21H26N2O2/c1-15(18-9-6-10-20(13-18)23-16(2)24)22-14-19-11-12-25-21(19)17-7-4-3-5-8-17/h3-10,13,15,19,21-22H,11-12,14H2,1-2H3,(H,23,24). The van der Waals surface area contributed by atoms with Crippen LogP contribution in [0.25, 0.3) is 0 Å². The minimum atomic E-state index is -0.0495. The number of nitrogens with one attached hydrogen (secondary N) is 2. The summed E-state index contributed by atoms with van der Waals surface area (Å²) in [5, 5.41) is 6.47. The number of hydrogen-bond donors (Lipinski definition) is 2. The van der Waals surface area contributed by atoms with E-state index < -0.39 is 0 Å². The topological polar surface area (TPSA) is 50.4 Å². The van der Waals surface area contributed by atoms with Crippen LogP contribution in [0.3, 0.4) is 0 Å². The predicted molar refractivity (Wildman–Crippen MR) is 100 cm³/mol. The number of amides is 1. The summed E-state index contributed by atoms with van der Waals surface area (Å²) in [5.74, 6) is 0.426. The fourth-order valence-corrected chi connectivity index (χ4v) is 3.39. The van der Waals surface area contributed by atoms with E-state index in [-0.39, 0.29) is 18.1 Å². The van der Waals surface area contributed by atoms with E-state index >= 15 is 0 Å². The van der Waals surface area contributed by atoms with Gasteiger partial charge < -0.3 is 15.4 Å². The van der Waals surface area contributed by atoms with Crippen molar-refractivity contribution in [2.45, 2.75) is 32.4 Å². The summed E-state index contributed by atoms with van der Waals surface area (Å²) in [5.41, 5.74) is 3.26. The maximum Gasteiger partial charge on any atom is 0.221 e. The molecule has 2 N–H and O–H groups in total. The minimum absolute atomic E-state index is 0.0495. The van der Waals surface area contributed by atoms with E-state index in [0.717, 1.165) is 25.3 Å².